The highest BCUT2D eigenvalue weighted by Gasteiger charge is 2.15. The minimum Gasteiger partial charge on any atom is -0.493 e. The summed E-state index contributed by atoms with van der Waals surface area (Å²) in [6.45, 7) is 4.22. The van der Waals surface area contributed by atoms with Gasteiger partial charge in [-0.1, -0.05) is 6.07 Å². The van der Waals surface area contributed by atoms with Crippen molar-refractivity contribution in [3.8, 4) is 11.5 Å². The first-order valence-corrected chi connectivity index (χ1v) is 5.96. The molecule has 0 atom stereocenters. The van der Waals surface area contributed by atoms with E-state index in [1.54, 1.807) is 14.2 Å². The first-order valence-electron chi connectivity index (χ1n) is 5.96. The average Bonchev–Trinajstić information content (AvgIpc) is 2.32. The molecule has 0 aliphatic carbocycles. The lowest BCUT2D eigenvalue weighted by Gasteiger charge is -2.27. The minimum atomic E-state index is 0.777. The first kappa shape index (κ1) is 12.2. The molecule has 0 unspecified atom stereocenters. The highest BCUT2D eigenvalue weighted by Crippen LogP contribution is 2.27. The molecule has 17 heavy (non-hydrogen) atoms. The molecule has 0 spiro atoms. The maximum absolute atomic E-state index is 5.27. The molecule has 4 heteroatoms. The molecule has 2 rings (SSSR count). The topological polar surface area (TPSA) is 42.5 Å². The van der Waals surface area contributed by atoms with Crippen molar-refractivity contribution in [3.05, 3.63) is 23.8 Å². The summed E-state index contributed by atoms with van der Waals surface area (Å²) in [5.74, 6) is 2.35. The predicted molar refractivity (Wildman–Crippen MR) is 67.6 cm³/mol. The van der Waals surface area contributed by atoms with Gasteiger partial charge in [0.05, 0.1) is 14.2 Å². The van der Waals surface area contributed by atoms with E-state index >= 15 is 0 Å². The normalized spacial score (nSPS) is 15.4. The SMILES string of the molecule is COc1ccc(CNCC2CNC2)cc1OC. The van der Waals surface area contributed by atoms with Crippen LogP contribution in [0.4, 0.5) is 0 Å². The predicted octanol–water partition coefficient (Wildman–Crippen LogP) is 1.01. The molecule has 1 aliphatic rings. The van der Waals surface area contributed by atoms with Crippen molar-refractivity contribution in [1.82, 2.24) is 10.6 Å². The molecule has 0 aromatic heterocycles. The van der Waals surface area contributed by atoms with E-state index in [1.807, 2.05) is 12.1 Å². The fraction of sp³-hybridized carbons (Fsp3) is 0.538. The van der Waals surface area contributed by atoms with E-state index in [1.165, 1.54) is 5.56 Å². The van der Waals surface area contributed by atoms with Crippen molar-refractivity contribution in [1.29, 1.82) is 0 Å². The Morgan fingerprint density at radius 2 is 2.00 bits per heavy atom. The Kier molecular flexibility index (Phi) is 4.23. The summed E-state index contributed by atoms with van der Waals surface area (Å²) in [7, 11) is 3.31. The third kappa shape index (κ3) is 3.11. The number of methoxy groups -OCH3 is 2. The van der Waals surface area contributed by atoms with Gasteiger partial charge in [0.2, 0.25) is 0 Å². The van der Waals surface area contributed by atoms with Crippen LogP contribution >= 0.6 is 0 Å². The summed E-state index contributed by atoms with van der Waals surface area (Å²) in [6, 6.07) is 6.03. The number of rotatable bonds is 6. The Bertz CT molecular complexity index is 364. The monoisotopic (exact) mass is 236 g/mol. The highest BCUT2D eigenvalue weighted by molar-refractivity contribution is 5.42. The zero-order valence-electron chi connectivity index (χ0n) is 10.5. The molecule has 1 aliphatic heterocycles. The largest absolute Gasteiger partial charge is 0.493 e. The first-order chi connectivity index (χ1) is 8.33. The summed E-state index contributed by atoms with van der Waals surface area (Å²) in [5, 5.41) is 6.72. The molecule has 0 amide bonds. The van der Waals surface area contributed by atoms with Crippen LogP contribution in [0.2, 0.25) is 0 Å². The van der Waals surface area contributed by atoms with Crippen LogP contribution in [-0.4, -0.2) is 33.9 Å². The van der Waals surface area contributed by atoms with Crippen molar-refractivity contribution in [2.45, 2.75) is 6.54 Å². The molecule has 94 valence electrons. The van der Waals surface area contributed by atoms with Crippen molar-refractivity contribution in [3.63, 3.8) is 0 Å². The van der Waals surface area contributed by atoms with Gasteiger partial charge in [-0.3, -0.25) is 0 Å². The standard InChI is InChI=1S/C13H20N2O2/c1-16-12-4-3-10(5-13(12)17-2)6-14-7-11-8-15-9-11/h3-5,11,14-15H,6-9H2,1-2H3. The summed E-state index contributed by atoms with van der Waals surface area (Å²) in [6.07, 6.45) is 0. The smallest absolute Gasteiger partial charge is 0.161 e. The molecule has 4 nitrogen and oxygen atoms in total. The Morgan fingerprint density at radius 3 is 2.59 bits per heavy atom. The van der Waals surface area contributed by atoms with Crippen LogP contribution < -0.4 is 20.1 Å². The van der Waals surface area contributed by atoms with Gasteiger partial charge in [0.25, 0.3) is 0 Å². The van der Waals surface area contributed by atoms with Gasteiger partial charge in [-0.05, 0) is 23.6 Å². The van der Waals surface area contributed by atoms with Crippen LogP contribution in [0.15, 0.2) is 18.2 Å². The van der Waals surface area contributed by atoms with Crippen molar-refractivity contribution in [2.24, 2.45) is 5.92 Å². The lowest BCUT2D eigenvalue weighted by Crippen LogP contribution is -2.47. The number of hydrogen-bond donors (Lipinski definition) is 2. The second kappa shape index (κ2) is 5.89. The summed E-state index contributed by atoms with van der Waals surface area (Å²) < 4.78 is 10.5. The molecule has 0 saturated carbocycles. The fourth-order valence-electron chi connectivity index (χ4n) is 1.90. The van der Waals surface area contributed by atoms with Crippen LogP contribution in [0.3, 0.4) is 0 Å². The van der Waals surface area contributed by atoms with E-state index < -0.39 is 0 Å². The van der Waals surface area contributed by atoms with Crippen LogP contribution in [0.1, 0.15) is 5.56 Å². The molecular weight excluding hydrogens is 216 g/mol. The van der Waals surface area contributed by atoms with E-state index in [4.69, 9.17) is 9.47 Å². The van der Waals surface area contributed by atoms with Gasteiger partial charge in [0.1, 0.15) is 0 Å². The Morgan fingerprint density at radius 1 is 1.24 bits per heavy atom. The van der Waals surface area contributed by atoms with Gasteiger partial charge in [-0.15, -0.1) is 0 Å². The van der Waals surface area contributed by atoms with Gasteiger partial charge in [-0.25, -0.2) is 0 Å². The number of ether oxygens (including phenoxy) is 2. The lowest BCUT2D eigenvalue weighted by atomic mass is 10.0. The third-order valence-corrected chi connectivity index (χ3v) is 3.08. The van der Waals surface area contributed by atoms with E-state index in [9.17, 15) is 0 Å². The fourth-order valence-corrected chi connectivity index (χ4v) is 1.90. The van der Waals surface area contributed by atoms with Crippen molar-refractivity contribution < 1.29 is 9.47 Å². The maximum atomic E-state index is 5.27. The molecule has 1 heterocycles. The van der Waals surface area contributed by atoms with Crippen molar-refractivity contribution in [2.75, 3.05) is 33.9 Å². The Balaban J connectivity index is 1.86. The van der Waals surface area contributed by atoms with E-state index in [2.05, 4.69) is 16.7 Å². The van der Waals surface area contributed by atoms with Crippen LogP contribution in [-0.2, 0) is 6.54 Å². The second-order valence-electron chi connectivity index (χ2n) is 4.34. The van der Waals surface area contributed by atoms with Crippen LogP contribution in [0.25, 0.3) is 0 Å². The van der Waals surface area contributed by atoms with Crippen LogP contribution in [0.5, 0.6) is 11.5 Å². The summed E-state index contributed by atoms with van der Waals surface area (Å²) in [4.78, 5) is 0. The lowest BCUT2D eigenvalue weighted by molar-refractivity contribution is 0.331. The number of benzene rings is 1. The number of hydrogen-bond acceptors (Lipinski definition) is 4. The highest BCUT2D eigenvalue weighted by atomic mass is 16.5. The molecule has 1 aromatic carbocycles. The van der Waals surface area contributed by atoms with Gasteiger partial charge in [0, 0.05) is 26.2 Å². The molecule has 0 radical (unpaired) electrons. The van der Waals surface area contributed by atoms with E-state index in [-0.39, 0.29) is 0 Å². The van der Waals surface area contributed by atoms with Gasteiger partial charge in [0.15, 0.2) is 11.5 Å². The Hall–Kier alpha value is -1.26. The zero-order valence-corrected chi connectivity index (χ0v) is 10.5. The third-order valence-electron chi connectivity index (χ3n) is 3.08. The molecule has 2 N–H and O–H groups in total. The molecule has 1 saturated heterocycles. The van der Waals surface area contributed by atoms with E-state index in [0.717, 1.165) is 43.6 Å². The van der Waals surface area contributed by atoms with Gasteiger partial charge in [-0.2, -0.15) is 0 Å². The van der Waals surface area contributed by atoms with Gasteiger partial charge >= 0.3 is 0 Å². The quantitative estimate of drug-likeness (QED) is 0.773. The maximum Gasteiger partial charge on any atom is 0.161 e. The molecular formula is C13H20N2O2. The molecule has 0 bridgehead atoms. The minimum absolute atomic E-state index is 0.777. The second-order valence-corrected chi connectivity index (χ2v) is 4.34. The molecule has 1 aromatic rings. The Labute approximate surface area is 102 Å². The zero-order chi connectivity index (χ0) is 12.1. The van der Waals surface area contributed by atoms with Crippen molar-refractivity contribution >= 4 is 0 Å². The van der Waals surface area contributed by atoms with E-state index in [0.29, 0.717) is 0 Å². The van der Waals surface area contributed by atoms with Crippen LogP contribution in [0, 0.1) is 5.92 Å². The summed E-state index contributed by atoms with van der Waals surface area (Å²) >= 11 is 0. The number of nitrogens with one attached hydrogen (secondary N) is 2. The van der Waals surface area contributed by atoms with Gasteiger partial charge < -0.3 is 20.1 Å². The summed E-state index contributed by atoms with van der Waals surface area (Å²) in [5.41, 5.74) is 1.22. The average molecular weight is 236 g/mol. The molecule has 1 fully saturated rings.